The van der Waals surface area contributed by atoms with Gasteiger partial charge in [0.15, 0.2) is 0 Å². The lowest BCUT2D eigenvalue weighted by Crippen LogP contribution is -2.40. The highest BCUT2D eigenvalue weighted by atomic mass is 16.2. The Balaban J connectivity index is 1.78. The van der Waals surface area contributed by atoms with Gasteiger partial charge in [-0.15, -0.1) is 0 Å². The fourth-order valence-electron chi connectivity index (χ4n) is 3.33. The van der Waals surface area contributed by atoms with Crippen molar-refractivity contribution in [1.82, 2.24) is 25.5 Å². The molecule has 28 heavy (non-hydrogen) atoms. The molecule has 1 unspecified atom stereocenters. The highest BCUT2D eigenvalue weighted by molar-refractivity contribution is 5.89. The standard InChI is InChI=1S/C21H22N6O/c1-2-13-22-20(28)15-26-18(16-9-5-3-6-10-16)14-19(17-11-7-4-8-12-17)27-21(26)23-24-25-27/h3-12,14,19H,2,13,15H2,1H3,(H,22,28). The molecule has 0 radical (unpaired) electrons. The van der Waals surface area contributed by atoms with Crippen LogP contribution >= 0.6 is 0 Å². The average Bonchev–Trinajstić information content (AvgIpc) is 3.24. The second-order valence-corrected chi connectivity index (χ2v) is 6.63. The summed E-state index contributed by atoms with van der Waals surface area (Å²) in [5.41, 5.74) is 3.02. The van der Waals surface area contributed by atoms with E-state index in [2.05, 4.69) is 39.1 Å². The maximum Gasteiger partial charge on any atom is 0.251 e. The van der Waals surface area contributed by atoms with Crippen LogP contribution in [0.15, 0.2) is 66.7 Å². The van der Waals surface area contributed by atoms with Gasteiger partial charge in [0.1, 0.15) is 12.6 Å². The van der Waals surface area contributed by atoms with Gasteiger partial charge in [0.2, 0.25) is 5.91 Å². The van der Waals surface area contributed by atoms with Crippen molar-refractivity contribution in [2.24, 2.45) is 0 Å². The Bertz CT molecular complexity index is 967. The molecular weight excluding hydrogens is 352 g/mol. The van der Waals surface area contributed by atoms with E-state index in [9.17, 15) is 4.79 Å². The van der Waals surface area contributed by atoms with E-state index in [-0.39, 0.29) is 18.5 Å². The first-order valence-electron chi connectivity index (χ1n) is 9.42. The Morgan fingerprint density at radius 3 is 2.50 bits per heavy atom. The molecule has 3 aromatic rings. The van der Waals surface area contributed by atoms with Crippen LogP contribution in [0.2, 0.25) is 0 Å². The van der Waals surface area contributed by atoms with Crippen LogP contribution in [0.1, 0.15) is 30.5 Å². The number of allylic oxidation sites excluding steroid dienone is 1. The Morgan fingerprint density at radius 2 is 1.79 bits per heavy atom. The predicted molar refractivity (Wildman–Crippen MR) is 107 cm³/mol. The lowest BCUT2D eigenvalue weighted by Gasteiger charge is -2.32. The summed E-state index contributed by atoms with van der Waals surface area (Å²) >= 11 is 0. The van der Waals surface area contributed by atoms with Crippen LogP contribution in [-0.4, -0.2) is 39.2 Å². The number of fused-ring (bicyclic) bond motifs is 1. The van der Waals surface area contributed by atoms with Gasteiger partial charge in [-0.1, -0.05) is 72.7 Å². The smallest absolute Gasteiger partial charge is 0.251 e. The molecule has 0 fully saturated rings. The topological polar surface area (TPSA) is 75.9 Å². The number of nitrogens with zero attached hydrogens (tertiary/aromatic N) is 5. The number of tetrazole rings is 1. The molecule has 1 amide bonds. The van der Waals surface area contributed by atoms with Crippen LogP contribution in [0.25, 0.3) is 5.70 Å². The molecule has 0 saturated carbocycles. The number of benzene rings is 2. The third-order valence-electron chi connectivity index (χ3n) is 4.67. The Labute approximate surface area is 163 Å². The van der Waals surface area contributed by atoms with Crippen molar-refractivity contribution >= 4 is 17.6 Å². The molecule has 0 saturated heterocycles. The van der Waals surface area contributed by atoms with E-state index < -0.39 is 0 Å². The van der Waals surface area contributed by atoms with Gasteiger partial charge in [-0.05, 0) is 34.1 Å². The van der Waals surface area contributed by atoms with Gasteiger partial charge in [-0.3, -0.25) is 9.69 Å². The summed E-state index contributed by atoms with van der Waals surface area (Å²) in [5, 5.41) is 15.2. The molecule has 142 valence electrons. The molecule has 2 aromatic carbocycles. The minimum Gasteiger partial charge on any atom is -0.355 e. The summed E-state index contributed by atoms with van der Waals surface area (Å²) in [6.07, 6.45) is 3.00. The van der Waals surface area contributed by atoms with Gasteiger partial charge in [0.05, 0.1) is 5.70 Å². The fourth-order valence-corrected chi connectivity index (χ4v) is 3.33. The summed E-state index contributed by atoms with van der Waals surface area (Å²) in [7, 11) is 0. The number of amides is 1. The van der Waals surface area contributed by atoms with E-state index in [1.807, 2.05) is 60.4 Å². The van der Waals surface area contributed by atoms with Crippen molar-refractivity contribution in [3.8, 4) is 0 Å². The summed E-state index contributed by atoms with van der Waals surface area (Å²) in [6, 6.07) is 20.0. The molecule has 0 aliphatic carbocycles. The van der Waals surface area contributed by atoms with E-state index in [1.54, 1.807) is 4.68 Å². The third kappa shape index (κ3) is 3.51. The summed E-state index contributed by atoms with van der Waals surface area (Å²) in [6.45, 7) is 2.83. The van der Waals surface area contributed by atoms with Crippen molar-refractivity contribution in [2.45, 2.75) is 19.4 Å². The van der Waals surface area contributed by atoms with Crippen molar-refractivity contribution < 1.29 is 4.79 Å². The maximum absolute atomic E-state index is 12.5. The molecule has 0 bridgehead atoms. The van der Waals surface area contributed by atoms with Gasteiger partial charge in [0.25, 0.3) is 5.95 Å². The first-order valence-corrected chi connectivity index (χ1v) is 9.42. The number of aromatic nitrogens is 4. The first-order chi connectivity index (χ1) is 13.8. The lowest BCUT2D eigenvalue weighted by molar-refractivity contribution is -0.119. The molecule has 1 aromatic heterocycles. The number of anilines is 1. The Morgan fingerprint density at radius 1 is 1.07 bits per heavy atom. The number of carbonyl (C=O) groups is 1. The zero-order valence-corrected chi connectivity index (χ0v) is 15.7. The van der Waals surface area contributed by atoms with Crippen LogP contribution < -0.4 is 10.2 Å². The molecular formula is C21H22N6O. The van der Waals surface area contributed by atoms with E-state index in [0.717, 1.165) is 23.2 Å². The van der Waals surface area contributed by atoms with Crippen molar-refractivity contribution in [2.75, 3.05) is 18.0 Å². The zero-order valence-electron chi connectivity index (χ0n) is 15.7. The van der Waals surface area contributed by atoms with Crippen LogP contribution in [0.5, 0.6) is 0 Å². The van der Waals surface area contributed by atoms with E-state index in [4.69, 9.17) is 0 Å². The summed E-state index contributed by atoms with van der Waals surface area (Å²) in [4.78, 5) is 14.3. The quantitative estimate of drug-likeness (QED) is 0.718. The van der Waals surface area contributed by atoms with Gasteiger partial charge in [-0.2, -0.15) is 4.68 Å². The van der Waals surface area contributed by atoms with Gasteiger partial charge in [0, 0.05) is 6.54 Å². The molecule has 1 N–H and O–H groups in total. The van der Waals surface area contributed by atoms with E-state index in [1.165, 1.54) is 0 Å². The van der Waals surface area contributed by atoms with Crippen molar-refractivity contribution in [1.29, 1.82) is 0 Å². The molecule has 1 aliphatic heterocycles. The third-order valence-corrected chi connectivity index (χ3v) is 4.67. The number of carbonyl (C=O) groups excluding carboxylic acids is 1. The SMILES string of the molecule is CCCNC(=O)CN1C(c2ccccc2)=CC(c2ccccc2)n2nnnc21. The summed E-state index contributed by atoms with van der Waals surface area (Å²) in [5.74, 6) is 0.498. The molecule has 1 atom stereocenters. The van der Waals surface area contributed by atoms with Crippen LogP contribution in [0.4, 0.5) is 5.95 Å². The average molecular weight is 374 g/mol. The number of hydrogen-bond acceptors (Lipinski definition) is 5. The van der Waals surface area contributed by atoms with Crippen LogP contribution in [-0.2, 0) is 4.79 Å². The molecule has 1 aliphatic rings. The second kappa shape index (κ2) is 8.04. The van der Waals surface area contributed by atoms with Gasteiger partial charge < -0.3 is 5.32 Å². The normalized spacial score (nSPS) is 15.7. The van der Waals surface area contributed by atoms with Gasteiger partial charge in [-0.25, -0.2) is 0 Å². The molecule has 0 spiro atoms. The molecule has 2 heterocycles. The number of rotatable bonds is 6. The Kier molecular flexibility index (Phi) is 5.14. The zero-order chi connectivity index (χ0) is 19.3. The largest absolute Gasteiger partial charge is 0.355 e. The lowest BCUT2D eigenvalue weighted by atomic mass is 10.0. The molecule has 7 nitrogen and oxygen atoms in total. The minimum atomic E-state index is -0.142. The molecule has 7 heteroatoms. The first kappa shape index (κ1) is 17.9. The number of hydrogen-bond donors (Lipinski definition) is 1. The fraction of sp³-hybridized carbons (Fsp3) is 0.238. The predicted octanol–water partition coefficient (Wildman–Crippen LogP) is 2.65. The monoisotopic (exact) mass is 374 g/mol. The van der Waals surface area contributed by atoms with E-state index >= 15 is 0 Å². The Hall–Kier alpha value is -3.48. The van der Waals surface area contributed by atoms with E-state index in [0.29, 0.717) is 12.5 Å². The summed E-state index contributed by atoms with van der Waals surface area (Å²) < 4.78 is 1.76. The van der Waals surface area contributed by atoms with Crippen molar-refractivity contribution in [3.63, 3.8) is 0 Å². The maximum atomic E-state index is 12.5. The van der Waals surface area contributed by atoms with Crippen LogP contribution in [0.3, 0.4) is 0 Å². The minimum absolute atomic E-state index is 0.0589. The van der Waals surface area contributed by atoms with Gasteiger partial charge >= 0.3 is 0 Å². The highest BCUT2D eigenvalue weighted by Crippen LogP contribution is 2.35. The van der Waals surface area contributed by atoms with Crippen LogP contribution in [0, 0.1) is 0 Å². The van der Waals surface area contributed by atoms with Crippen molar-refractivity contribution in [3.05, 3.63) is 77.9 Å². The highest BCUT2D eigenvalue weighted by Gasteiger charge is 2.31. The molecule has 4 rings (SSSR count). The number of nitrogens with one attached hydrogen (secondary N) is 1. The second-order valence-electron chi connectivity index (χ2n) is 6.63.